The van der Waals surface area contributed by atoms with Gasteiger partial charge in [0.1, 0.15) is 6.54 Å². The third kappa shape index (κ3) is 5.02. The highest BCUT2D eigenvalue weighted by Crippen LogP contribution is 2.48. The Bertz CT molecular complexity index is 1680. The molecule has 10 heteroatoms. The minimum Gasteiger partial charge on any atom is -0.344 e. The summed E-state index contributed by atoms with van der Waals surface area (Å²) in [6, 6.07) is 9.40. The lowest BCUT2D eigenvalue weighted by molar-refractivity contribution is -0.433. The topological polar surface area (TPSA) is 115 Å². The maximum atomic E-state index is 11.7. The molecule has 0 radical (unpaired) electrons. The second-order valence-corrected chi connectivity index (χ2v) is 13.6. The summed E-state index contributed by atoms with van der Waals surface area (Å²) in [4.78, 5) is 1.90. The number of hydrogen-bond donors (Lipinski definition) is 2. The zero-order valence-electron chi connectivity index (χ0n) is 23.0. The molecule has 0 aromatic heterocycles. The van der Waals surface area contributed by atoms with Crippen LogP contribution < -0.4 is 4.90 Å². The molecule has 4 rings (SSSR count). The number of rotatable bonds is 7. The smallest absolute Gasteiger partial charge is 0.294 e. The monoisotopic (exact) mass is 571 g/mol. The zero-order valence-corrected chi connectivity index (χ0v) is 24.6. The molecule has 0 amide bonds. The number of allylic oxidation sites excluding steroid dienone is 6. The molecule has 39 heavy (non-hydrogen) atoms. The van der Waals surface area contributed by atoms with Gasteiger partial charge >= 0.3 is 0 Å². The Balaban J connectivity index is 1.65. The summed E-state index contributed by atoms with van der Waals surface area (Å²) in [5.41, 5.74) is 4.54. The molecule has 0 spiro atoms. The van der Waals surface area contributed by atoms with Gasteiger partial charge in [0.05, 0.1) is 15.2 Å². The van der Waals surface area contributed by atoms with Gasteiger partial charge in [-0.15, -0.1) is 0 Å². The molecule has 0 saturated heterocycles. The molecular weight excluding hydrogens is 536 g/mol. The fourth-order valence-electron chi connectivity index (χ4n) is 5.67. The first-order valence-electron chi connectivity index (χ1n) is 12.8. The lowest BCUT2D eigenvalue weighted by Crippen LogP contribution is -2.27. The number of fused-ring (bicyclic) bond motifs is 2. The van der Waals surface area contributed by atoms with Crippen molar-refractivity contribution >= 4 is 37.3 Å². The Kier molecular flexibility index (Phi) is 7.31. The molecule has 0 aliphatic carbocycles. The lowest BCUT2D eigenvalue weighted by atomic mass is 9.81. The first-order valence-corrected chi connectivity index (χ1v) is 15.6. The van der Waals surface area contributed by atoms with Crippen LogP contribution in [-0.2, 0) is 31.1 Å². The Morgan fingerprint density at radius 2 is 1.41 bits per heavy atom. The van der Waals surface area contributed by atoms with Crippen LogP contribution in [0.1, 0.15) is 52.7 Å². The van der Waals surface area contributed by atoms with E-state index in [9.17, 15) is 25.9 Å². The van der Waals surface area contributed by atoms with Crippen LogP contribution >= 0.6 is 0 Å². The molecule has 0 fully saturated rings. The number of nitrogens with zero attached hydrogens (tertiary/aromatic N) is 2. The van der Waals surface area contributed by atoms with Crippen LogP contribution in [0.3, 0.4) is 0 Å². The number of benzene rings is 2. The largest absolute Gasteiger partial charge is 0.344 e. The third-order valence-electron chi connectivity index (χ3n) is 7.69. The van der Waals surface area contributed by atoms with Crippen LogP contribution in [0.25, 0.3) is 0 Å². The molecule has 0 bridgehead atoms. The summed E-state index contributed by atoms with van der Waals surface area (Å²) >= 11 is 0. The van der Waals surface area contributed by atoms with Gasteiger partial charge in [-0.2, -0.15) is 21.4 Å². The van der Waals surface area contributed by atoms with Crippen molar-refractivity contribution in [2.24, 2.45) is 0 Å². The molecule has 2 N–H and O–H groups in total. The van der Waals surface area contributed by atoms with E-state index in [1.807, 2.05) is 71.9 Å². The van der Waals surface area contributed by atoms with Crippen LogP contribution in [0.2, 0.25) is 0 Å². The third-order valence-corrected chi connectivity index (χ3v) is 9.38. The molecule has 2 aliphatic rings. The summed E-state index contributed by atoms with van der Waals surface area (Å²) in [7, 11) is -8.61. The number of hydrogen-bond acceptors (Lipinski definition) is 5. The lowest BCUT2D eigenvalue weighted by Gasteiger charge is -2.25. The van der Waals surface area contributed by atoms with Crippen LogP contribution in [0.4, 0.5) is 11.4 Å². The highest BCUT2D eigenvalue weighted by molar-refractivity contribution is 7.86. The van der Waals surface area contributed by atoms with E-state index in [1.54, 1.807) is 24.3 Å². The fraction of sp³-hybridized carbons (Fsp3) is 0.345. The molecule has 0 atom stereocenters. The van der Waals surface area contributed by atoms with Gasteiger partial charge in [-0.1, -0.05) is 32.1 Å². The SMILES string of the molecule is CCN1\C(=C/C=C/C=C/C2=[N+](CC)c3ccc(S(=O)(=O)O)cc3C2(C)C)C(C)(C)c2cc(S(=O)(=O)O)ccc21. The van der Waals surface area contributed by atoms with E-state index in [0.717, 1.165) is 33.9 Å². The quantitative estimate of drug-likeness (QED) is 0.260. The van der Waals surface area contributed by atoms with E-state index in [0.29, 0.717) is 13.1 Å². The molecular formula is C29H35N2O6S2+. The van der Waals surface area contributed by atoms with Gasteiger partial charge in [0.2, 0.25) is 5.69 Å². The first kappa shape index (κ1) is 28.9. The Labute approximate surface area is 231 Å². The van der Waals surface area contributed by atoms with E-state index in [-0.39, 0.29) is 9.79 Å². The van der Waals surface area contributed by atoms with E-state index in [2.05, 4.69) is 9.48 Å². The highest BCUT2D eigenvalue weighted by Gasteiger charge is 2.44. The Morgan fingerprint density at radius 1 is 0.821 bits per heavy atom. The van der Waals surface area contributed by atoms with Gasteiger partial charge in [0, 0.05) is 41.1 Å². The minimum atomic E-state index is -4.30. The van der Waals surface area contributed by atoms with Crippen molar-refractivity contribution in [3.8, 4) is 0 Å². The van der Waals surface area contributed by atoms with Crippen molar-refractivity contribution in [3.05, 3.63) is 83.6 Å². The molecule has 8 nitrogen and oxygen atoms in total. The van der Waals surface area contributed by atoms with Gasteiger partial charge in [0.25, 0.3) is 20.2 Å². The fourth-order valence-corrected chi connectivity index (χ4v) is 6.68. The van der Waals surface area contributed by atoms with Crippen LogP contribution in [0.5, 0.6) is 0 Å². The van der Waals surface area contributed by atoms with E-state index < -0.39 is 31.1 Å². The molecule has 2 heterocycles. The average Bonchev–Trinajstić information content (AvgIpc) is 3.20. The van der Waals surface area contributed by atoms with Crippen LogP contribution in [0.15, 0.2) is 82.3 Å². The molecule has 0 unspecified atom stereocenters. The van der Waals surface area contributed by atoms with Gasteiger partial charge in [-0.05, 0) is 69.7 Å². The van der Waals surface area contributed by atoms with Crippen molar-refractivity contribution in [2.45, 2.75) is 62.2 Å². The molecule has 208 valence electrons. The average molecular weight is 572 g/mol. The number of likely N-dealkylation sites (N-methyl/N-ethyl adjacent to an activating group) is 1. The van der Waals surface area contributed by atoms with E-state index in [1.165, 1.54) is 12.1 Å². The second-order valence-electron chi connectivity index (χ2n) is 10.7. The highest BCUT2D eigenvalue weighted by atomic mass is 32.2. The van der Waals surface area contributed by atoms with Crippen molar-refractivity contribution in [3.63, 3.8) is 0 Å². The van der Waals surface area contributed by atoms with Crippen LogP contribution in [0, 0.1) is 0 Å². The van der Waals surface area contributed by atoms with Crippen molar-refractivity contribution in [1.82, 2.24) is 0 Å². The maximum Gasteiger partial charge on any atom is 0.294 e. The Hall–Kier alpha value is -3.05. The van der Waals surface area contributed by atoms with Crippen molar-refractivity contribution < 1.29 is 30.5 Å². The maximum absolute atomic E-state index is 11.7. The van der Waals surface area contributed by atoms with Crippen LogP contribution in [-0.4, -0.2) is 49.3 Å². The summed E-state index contributed by atoms with van der Waals surface area (Å²) in [6.07, 6.45) is 9.82. The van der Waals surface area contributed by atoms with Gasteiger partial charge < -0.3 is 4.90 Å². The van der Waals surface area contributed by atoms with Crippen molar-refractivity contribution in [2.75, 3.05) is 18.0 Å². The predicted molar refractivity (Wildman–Crippen MR) is 153 cm³/mol. The van der Waals surface area contributed by atoms with Gasteiger partial charge in [-0.25, -0.2) is 0 Å². The Morgan fingerprint density at radius 3 is 1.97 bits per heavy atom. The van der Waals surface area contributed by atoms with E-state index >= 15 is 0 Å². The van der Waals surface area contributed by atoms with Gasteiger partial charge in [0.15, 0.2) is 5.71 Å². The molecule has 2 aromatic rings. The summed E-state index contributed by atoms with van der Waals surface area (Å²) < 4.78 is 68.1. The predicted octanol–water partition coefficient (Wildman–Crippen LogP) is 5.39. The summed E-state index contributed by atoms with van der Waals surface area (Å²) in [6.45, 7) is 13.6. The first-order chi connectivity index (χ1) is 18.0. The molecule has 2 aliphatic heterocycles. The standard InChI is InChI=1S/C29H34N2O6S2/c1-7-30-24-16-14-20(38(32,33)34)18-22(24)28(3,4)26(30)12-10-9-11-13-27-29(5,6)23-19-21(39(35,36)37)15-17-25(23)31(27)8-2/h9-19H,7-8H2,1-6H3,(H-,32,33,34,35,36,37)/p+1. The minimum absolute atomic E-state index is 0.119. The number of anilines is 1. The summed E-state index contributed by atoms with van der Waals surface area (Å²) in [5, 5.41) is 0. The summed E-state index contributed by atoms with van der Waals surface area (Å²) in [5.74, 6) is 0. The zero-order chi connectivity index (χ0) is 29.0. The normalized spacial score (nSPS) is 19.5. The van der Waals surface area contributed by atoms with Crippen molar-refractivity contribution in [1.29, 1.82) is 0 Å². The van der Waals surface area contributed by atoms with E-state index in [4.69, 9.17) is 0 Å². The molecule has 2 aromatic carbocycles. The second kappa shape index (κ2) is 9.85. The van der Waals surface area contributed by atoms with Gasteiger partial charge in [-0.3, -0.25) is 9.11 Å². The molecule has 0 saturated carbocycles.